The average molecular weight is 220 g/mol. The summed E-state index contributed by atoms with van der Waals surface area (Å²) < 4.78 is 5.37. The van der Waals surface area contributed by atoms with Gasteiger partial charge in [0.25, 0.3) is 0 Å². The number of rotatable bonds is 3. The summed E-state index contributed by atoms with van der Waals surface area (Å²) in [5.41, 5.74) is 1.20. The van der Waals surface area contributed by atoms with Crippen molar-refractivity contribution in [3.05, 3.63) is 23.9 Å². The third kappa shape index (κ3) is 2.95. The average Bonchev–Trinajstić information content (AvgIpc) is 2.33. The Morgan fingerprint density at radius 3 is 2.75 bits per heavy atom. The summed E-state index contributed by atoms with van der Waals surface area (Å²) in [6.07, 6.45) is 4.21. The van der Waals surface area contributed by atoms with Gasteiger partial charge >= 0.3 is 0 Å². The van der Waals surface area contributed by atoms with Gasteiger partial charge in [0.05, 0.1) is 0 Å². The van der Waals surface area contributed by atoms with Gasteiger partial charge in [-0.2, -0.15) is 0 Å². The minimum Gasteiger partial charge on any atom is -0.381 e. The highest BCUT2D eigenvalue weighted by molar-refractivity contribution is 5.36. The molecule has 1 aliphatic heterocycles. The molecule has 1 fully saturated rings. The first kappa shape index (κ1) is 11.4. The largest absolute Gasteiger partial charge is 0.381 e. The van der Waals surface area contributed by atoms with Crippen LogP contribution in [0.15, 0.2) is 18.3 Å². The van der Waals surface area contributed by atoms with Crippen LogP contribution in [0.4, 0.5) is 5.82 Å². The number of hydrogen-bond acceptors (Lipinski definition) is 3. The highest BCUT2D eigenvalue weighted by Crippen LogP contribution is 2.21. The van der Waals surface area contributed by atoms with E-state index in [1.807, 2.05) is 12.3 Å². The van der Waals surface area contributed by atoms with E-state index in [4.69, 9.17) is 4.74 Å². The number of aromatic nitrogens is 1. The lowest BCUT2D eigenvalue weighted by Gasteiger charge is -2.28. The van der Waals surface area contributed by atoms with E-state index in [0.29, 0.717) is 12.0 Å². The molecule has 1 aliphatic rings. The van der Waals surface area contributed by atoms with Gasteiger partial charge in [-0.3, -0.25) is 0 Å². The normalized spacial score (nSPS) is 19.4. The lowest BCUT2D eigenvalue weighted by molar-refractivity contribution is 0.0622. The lowest BCUT2D eigenvalue weighted by atomic mass is 9.93. The fraction of sp³-hybridized carbons (Fsp3) is 0.615. The van der Waals surface area contributed by atoms with Crippen LogP contribution in [0.3, 0.4) is 0 Å². The van der Waals surface area contributed by atoms with E-state index < -0.39 is 0 Å². The van der Waals surface area contributed by atoms with Crippen molar-refractivity contribution in [2.45, 2.75) is 32.7 Å². The van der Waals surface area contributed by atoms with Crippen molar-refractivity contribution in [2.75, 3.05) is 18.5 Å². The quantitative estimate of drug-likeness (QED) is 0.850. The van der Waals surface area contributed by atoms with E-state index >= 15 is 0 Å². The van der Waals surface area contributed by atoms with Crippen LogP contribution in [0.1, 0.15) is 25.3 Å². The Morgan fingerprint density at radius 1 is 1.38 bits per heavy atom. The Hall–Kier alpha value is -1.09. The molecule has 1 atom stereocenters. The van der Waals surface area contributed by atoms with E-state index in [-0.39, 0.29) is 0 Å². The molecule has 3 heteroatoms. The minimum atomic E-state index is 0.471. The Labute approximate surface area is 97.2 Å². The zero-order valence-electron chi connectivity index (χ0n) is 10.1. The second kappa shape index (κ2) is 5.30. The molecular weight excluding hydrogens is 200 g/mol. The van der Waals surface area contributed by atoms with Gasteiger partial charge in [-0.15, -0.1) is 0 Å². The Morgan fingerprint density at radius 2 is 2.12 bits per heavy atom. The van der Waals surface area contributed by atoms with E-state index in [9.17, 15) is 0 Å². The number of nitrogens with zero attached hydrogens (tertiary/aromatic N) is 1. The molecule has 0 saturated carbocycles. The number of anilines is 1. The molecule has 0 bridgehead atoms. The molecule has 1 saturated heterocycles. The highest BCUT2D eigenvalue weighted by Gasteiger charge is 2.20. The van der Waals surface area contributed by atoms with Gasteiger partial charge in [0, 0.05) is 25.5 Å². The molecule has 3 nitrogen and oxygen atoms in total. The first-order chi connectivity index (χ1) is 7.75. The molecule has 0 amide bonds. The van der Waals surface area contributed by atoms with Crippen LogP contribution >= 0.6 is 0 Å². The molecule has 0 aliphatic carbocycles. The zero-order chi connectivity index (χ0) is 11.4. The Kier molecular flexibility index (Phi) is 3.78. The van der Waals surface area contributed by atoms with Gasteiger partial charge in [-0.1, -0.05) is 6.07 Å². The van der Waals surface area contributed by atoms with E-state index in [0.717, 1.165) is 31.9 Å². The molecule has 1 N–H and O–H groups in total. The molecule has 0 radical (unpaired) electrons. The van der Waals surface area contributed by atoms with E-state index in [1.165, 1.54) is 5.56 Å². The predicted octanol–water partition coefficient (Wildman–Crippen LogP) is 2.62. The summed E-state index contributed by atoms with van der Waals surface area (Å²) in [7, 11) is 0. The first-order valence-electron chi connectivity index (χ1n) is 6.02. The molecule has 0 spiro atoms. The number of pyridine rings is 1. The van der Waals surface area contributed by atoms with Crippen molar-refractivity contribution in [1.29, 1.82) is 0 Å². The van der Waals surface area contributed by atoms with Crippen LogP contribution in [0, 0.1) is 12.8 Å². The SMILES string of the molecule is Cc1ccc(NC(C)C2CCOCC2)nc1. The summed E-state index contributed by atoms with van der Waals surface area (Å²) in [4.78, 5) is 4.37. The number of aryl methyl sites for hydroxylation is 1. The summed E-state index contributed by atoms with van der Waals surface area (Å²) in [5, 5.41) is 3.47. The molecule has 1 unspecified atom stereocenters. The summed E-state index contributed by atoms with van der Waals surface area (Å²) >= 11 is 0. The maximum atomic E-state index is 5.37. The topological polar surface area (TPSA) is 34.1 Å². The summed E-state index contributed by atoms with van der Waals surface area (Å²) in [5.74, 6) is 1.68. The third-order valence-corrected chi connectivity index (χ3v) is 3.26. The lowest BCUT2D eigenvalue weighted by Crippen LogP contribution is -2.31. The van der Waals surface area contributed by atoms with Crippen molar-refractivity contribution < 1.29 is 4.74 Å². The first-order valence-corrected chi connectivity index (χ1v) is 6.02. The molecular formula is C13H20N2O. The molecule has 1 aromatic rings. The third-order valence-electron chi connectivity index (χ3n) is 3.26. The fourth-order valence-electron chi connectivity index (χ4n) is 2.12. The van der Waals surface area contributed by atoms with Crippen LogP contribution < -0.4 is 5.32 Å². The molecule has 88 valence electrons. The van der Waals surface area contributed by atoms with Crippen LogP contribution in [-0.2, 0) is 4.74 Å². The molecule has 2 rings (SSSR count). The summed E-state index contributed by atoms with van der Waals surface area (Å²) in [6.45, 7) is 6.09. The van der Waals surface area contributed by atoms with Crippen molar-refractivity contribution >= 4 is 5.82 Å². The van der Waals surface area contributed by atoms with Crippen LogP contribution in [0.25, 0.3) is 0 Å². The van der Waals surface area contributed by atoms with Crippen molar-refractivity contribution in [3.63, 3.8) is 0 Å². The van der Waals surface area contributed by atoms with Crippen molar-refractivity contribution in [1.82, 2.24) is 4.98 Å². The van der Waals surface area contributed by atoms with Crippen molar-refractivity contribution in [3.8, 4) is 0 Å². The Bertz CT molecular complexity index is 317. The zero-order valence-corrected chi connectivity index (χ0v) is 10.1. The maximum absolute atomic E-state index is 5.37. The van der Waals surface area contributed by atoms with Crippen LogP contribution in [-0.4, -0.2) is 24.2 Å². The molecule has 0 aromatic carbocycles. The van der Waals surface area contributed by atoms with Gasteiger partial charge in [0.2, 0.25) is 0 Å². The van der Waals surface area contributed by atoms with Gasteiger partial charge < -0.3 is 10.1 Å². The number of ether oxygens (including phenoxy) is 1. The second-order valence-electron chi connectivity index (χ2n) is 4.60. The van der Waals surface area contributed by atoms with Crippen molar-refractivity contribution in [2.24, 2.45) is 5.92 Å². The van der Waals surface area contributed by atoms with E-state index in [2.05, 4.69) is 30.2 Å². The Balaban J connectivity index is 1.90. The van der Waals surface area contributed by atoms with Gasteiger partial charge in [-0.05, 0) is 44.2 Å². The molecule has 1 aromatic heterocycles. The van der Waals surface area contributed by atoms with Gasteiger partial charge in [0.15, 0.2) is 0 Å². The smallest absolute Gasteiger partial charge is 0.126 e. The fourth-order valence-corrected chi connectivity index (χ4v) is 2.12. The standard InChI is InChI=1S/C13H20N2O/c1-10-3-4-13(14-9-10)15-11(2)12-5-7-16-8-6-12/h3-4,9,11-12H,5-8H2,1-2H3,(H,14,15). The highest BCUT2D eigenvalue weighted by atomic mass is 16.5. The van der Waals surface area contributed by atoms with Crippen LogP contribution in [0.2, 0.25) is 0 Å². The monoisotopic (exact) mass is 220 g/mol. The number of nitrogens with one attached hydrogen (secondary N) is 1. The summed E-state index contributed by atoms with van der Waals surface area (Å²) in [6, 6.07) is 4.61. The number of hydrogen-bond donors (Lipinski definition) is 1. The predicted molar refractivity (Wildman–Crippen MR) is 65.6 cm³/mol. The minimum absolute atomic E-state index is 0.471. The van der Waals surface area contributed by atoms with E-state index in [1.54, 1.807) is 0 Å². The second-order valence-corrected chi connectivity index (χ2v) is 4.60. The molecule has 2 heterocycles. The molecule has 16 heavy (non-hydrogen) atoms. The van der Waals surface area contributed by atoms with Gasteiger partial charge in [-0.25, -0.2) is 4.98 Å². The van der Waals surface area contributed by atoms with Gasteiger partial charge in [0.1, 0.15) is 5.82 Å². The van der Waals surface area contributed by atoms with Crippen LogP contribution in [0.5, 0.6) is 0 Å². The maximum Gasteiger partial charge on any atom is 0.126 e.